The summed E-state index contributed by atoms with van der Waals surface area (Å²) in [7, 11) is 5.53. The standard InChI is InChI=1S/C17H23N3O2/c1-19-12-18-16-10-20(9-14(11-21-2)17(16)19)8-13-5-4-6-15(7-13)22-3/h4-7,12,14H,8-11H2,1-3H3. The number of ether oxygens (including phenoxy) is 2. The summed E-state index contributed by atoms with van der Waals surface area (Å²) in [5.74, 6) is 1.27. The van der Waals surface area contributed by atoms with Crippen LogP contribution in [-0.4, -0.2) is 41.8 Å². The quantitative estimate of drug-likeness (QED) is 0.848. The minimum absolute atomic E-state index is 0.367. The highest BCUT2D eigenvalue weighted by molar-refractivity contribution is 5.29. The molecule has 2 aromatic rings. The summed E-state index contributed by atoms with van der Waals surface area (Å²) in [6.07, 6.45) is 1.91. The van der Waals surface area contributed by atoms with Crippen molar-refractivity contribution < 1.29 is 9.47 Å². The molecule has 1 unspecified atom stereocenters. The molecule has 2 heterocycles. The third-order valence-corrected chi connectivity index (χ3v) is 4.21. The third-order valence-electron chi connectivity index (χ3n) is 4.21. The highest BCUT2D eigenvalue weighted by atomic mass is 16.5. The molecule has 3 rings (SSSR count). The van der Waals surface area contributed by atoms with E-state index in [0.29, 0.717) is 5.92 Å². The summed E-state index contributed by atoms with van der Waals surface area (Å²) in [5, 5.41) is 0. The van der Waals surface area contributed by atoms with Crippen molar-refractivity contribution in [3.63, 3.8) is 0 Å². The van der Waals surface area contributed by atoms with E-state index < -0.39 is 0 Å². The number of rotatable bonds is 5. The van der Waals surface area contributed by atoms with Gasteiger partial charge in [0.1, 0.15) is 5.75 Å². The first-order valence-electron chi connectivity index (χ1n) is 7.55. The number of imidazole rings is 1. The molecule has 0 spiro atoms. The summed E-state index contributed by atoms with van der Waals surface area (Å²) in [6, 6.07) is 8.25. The zero-order valence-electron chi connectivity index (χ0n) is 13.5. The predicted octanol–water partition coefficient (Wildman–Crippen LogP) is 2.17. The van der Waals surface area contributed by atoms with E-state index in [1.807, 2.05) is 18.5 Å². The highest BCUT2D eigenvalue weighted by Crippen LogP contribution is 2.28. The van der Waals surface area contributed by atoms with Crippen molar-refractivity contribution in [3.8, 4) is 5.75 Å². The lowest BCUT2D eigenvalue weighted by Crippen LogP contribution is -2.35. The lowest BCUT2D eigenvalue weighted by atomic mass is 9.98. The molecule has 1 aliphatic heterocycles. The van der Waals surface area contributed by atoms with Gasteiger partial charge in [-0.05, 0) is 17.7 Å². The summed E-state index contributed by atoms with van der Waals surface area (Å²) >= 11 is 0. The van der Waals surface area contributed by atoms with Crippen LogP contribution >= 0.6 is 0 Å². The molecule has 0 saturated carbocycles. The van der Waals surface area contributed by atoms with Gasteiger partial charge in [-0.3, -0.25) is 4.90 Å². The second-order valence-corrected chi connectivity index (χ2v) is 5.86. The first-order chi connectivity index (χ1) is 10.7. The van der Waals surface area contributed by atoms with E-state index in [0.717, 1.165) is 32.0 Å². The molecule has 0 radical (unpaired) electrons. The Morgan fingerprint density at radius 3 is 2.95 bits per heavy atom. The molecule has 22 heavy (non-hydrogen) atoms. The number of benzene rings is 1. The minimum Gasteiger partial charge on any atom is -0.497 e. The van der Waals surface area contributed by atoms with Crippen LogP contribution in [0.15, 0.2) is 30.6 Å². The molecule has 118 valence electrons. The average molecular weight is 301 g/mol. The average Bonchev–Trinajstić information content (AvgIpc) is 2.89. The van der Waals surface area contributed by atoms with Crippen LogP contribution < -0.4 is 4.74 Å². The molecule has 1 aliphatic rings. The van der Waals surface area contributed by atoms with Crippen molar-refractivity contribution in [1.82, 2.24) is 14.5 Å². The van der Waals surface area contributed by atoms with Crippen LogP contribution in [0.25, 0.3) is 0 Å². The molecular weight excluding hydrogens is 278 g/mol. The van der Waals surface area contributed by atoms with Gasteiger partial charge >= 0.3 is 0 Å². The van der Waals surface area contributed by atoms with Crippen molar-refractivity contribution in [1.29, 1.82) is 0 Å². The molecule has 0 N–H and O–H groups in total. The molecular formula is C17H23N3O2. The second kappa shape index (κ2) is 6.50. The van der Waals surface area contributed by atoms with Gasteiger partial charge in [0, 0.05) is 45.4 Å². The van der Waals surface area contributed by atoms with Gasteiger partial charge in [-0.15, -0.1) is 0 Å². The maximum Gasteiger partial charge on any atom is 0.119 e. The van der Waals surface area contributed by atoms with Gasteiger partial charge in [0.05, 0.1) is 25.7 Å². The Morgan fingerprint density at radius 1 is 1.32 bits per heavy atom. The van der Waals surface area contributed by atoms with Crippen molar-refractivity contribution in [3.05, 3.63) is 47.5 Å². The zero-order valence-corrected chi connectivity index (χ0v) is 13.5. The maximum absolute atomic E-state index is 5.41. The van der Waals surface area contributed by atoms with Crippen molar-refractivity contribution >= 4 is 0 Å². The van der Waals surface area contributed by atoms with Crippen LogP contribution in [-0.2, 0) is 24.9 Å². The molecule has 0 fully saturated rings. The Balaban J connectivity index is 1.78. The smallest absolute Gasteiger partial charge is 0.119 e. The topological polar surface area (TPSA) is 39.5 Å². The Kier molecular flexibility index (Phi) is 4.45. The fourth-order valence-corrected chi connectivity index (χ4v) is 3.29. The number of hydrogen-bond donors (Lipinski definition) is 0. The highest BCUT2D eigenvalue weighted by Gasteiger charge is 2.28. The summed E-state index contributed by atoms with van der Waals surface area (Å²) in [5.41, 5.74) is 3.73. The number of aryl methyl sites for hydroxylation is 1. The fraction of sp³-hybridized carbons (Fsp3) is 0.471. The molecule has 0 aliphatic carbocycles. The van der Waals surface area contributed by atoms with Crippen molar-refractivity contribution in [2.75, 3.05) is 27.4 Å². The molecule has 1 atom stereocenters. The first-order valence-corrected chi connectivity index (χ1v) is 7.55. The van der Waals surface area contributed by atoms with Crippen LogP contribution in [0.2, 0.25) is 0 Å². The molecule has 0 saturated heterocycles. The van der Waals surface area contributed by atoms with Crippen molar-refractivity contribution in [2.45, 2.75) is 19.0 Å². The van der Waals surface area contributed by atoms with Crippen LogP contribution in [0, 0.1) is 0 Å². The Hall–Kier alpha value is -1.85. The molecule has 5 nitrogen and oxygen atoms in total. The largest absolute Gasteiger partial charge is 0.497 e. The number of hydrogen-bond acceptors (Lipinski definition) is 4. The first kappa shape index (κ1) is 15.1. The predicted molar refractivity (Wildman–Crippen MR) is 84.9 cm³/mol. The van der Waals surface area contributed by atoms with E-state index in [1.54, 1.807) is 14.2 Å². The van der Waals surface area contributed by atoms with E-state index in [4.69, 9.17) is 9.47 Å². The van der Waals surface area contributed by atoms with Crippen LogP contribution in [0.5, 0.6) is 5.75 Å². The van der Waals surface area contributed by atoms with E-state index in [2.05, 4.69) is 33.6 Å². The second-order valence-electron chi connectivity index (χ2n) is 5.86. The Labute approximate surface area is 131 Å². The van der Waals surface area contributed by atoms with Crippen LogP contribution in [0.4, 0.5) is 0 Å². The SMILES string of the molecule is COCC1CN(Cc2cccc(OC)c2)Cc2ncn(C)c21. The van der Waals surface area contributed by atoms with Gasteiger partial charge in [0.15, 0.2) is 0 Å². The summed E-state index contributed by atoms with van der Waals surface area (Å²) in [6.45, 7) is 3.49. The minimum atomic E-state index is 0.367. The molecule has 1 aromatic carbocycles. The van der Waals surface area contributed by atoms with Gasteiger partial charge < -0.3 is 14.0 Å². The fourth-order valence-electron chi connectivity index (χ4n) is 3.29. The number of aromatic nitrogens is 2. The van der Waals surface area contributed by atoms with E-state index in [-0.39, 0.29) is 0 Å². The zero-order chi connectivity index (χ0) is 15.5. The molecule has 1 aromatic heterocycles. The number of nitrogens with zero attached hydrogens (tertiary/aromatic N) is 3. The van der Waals surface area contributed by atoms with Gasteiger partial charge in [-0.2, -0.15) is 0 Å². The normalized spacial score (nSPS) is 18.2. The Morgan fingerprint density at radius 2 is 2.18 bits per heavy atom. The van der Waals surface area contributed by atoms with E-state index in [9.17, 15) is 0 Å². The lowest BCUT2D eigenvalue weighted by Gasteiger charge is -2.32. The number of fused-ring (bicyclic) bond motifs is 1. The van der Waals surface area contributed by atoms with Crippen LogP contribution in [0.3, 0.4) is 0 Å². The molecule has 5 heteroatoms. The van der Waals surface area contributed by atoms with Gasteiger partial charge in [0.2, 0.25) is 0 Å². The van der Waals surface area contributed by atoms with E-state index >= 15 is 0 Å². The molecule has 0 bridgehead atoms. The Bertz CT molecular complexity index is 639. The molecule has 0 amide bonds. The lowest BCUT2D eigenvalue weighted by molar-refractivity contribution is 0.132. The van der Waals surface area contributed by atoms with E-state index in [1.165, 1.54) is 17.0 Å². The summed E-state index contributed by atoms with van der Waals surface area (Å²) in [4.78, 5) is 6.98. The van der Waals surface area contributed by atoms with Gasteiger partial charge in [-0.1, -0.05) is 12.1 Å². The van der Waals surface area contributed by atoms with Crippen molar-refractivity contribution in [2.24, 2.45) is 7.05 Å². The monoisotopic (exact) mass is 301 g/mol. The maximum atomic E-state index is 5.41. The summed E-state index contributed by atoms with van der Waals surface area (Å²) < 4.78 is 12.8. The van der Waals surface area contributed by atoms with Crippen LogP contribution in [0.1, 0.15) is 22.9 Å². The van der Waals surface area contributed by atoms with Gasteiger partial charge in [0.25, 0.3) is 0 Å². The number of methoxy groups -OCH3 is 2. The van der Waals surface area contributed by atoms with Gasteiger partial charge in [-0.25, -0.2) is 4.98 Å². The third kappa shape index (κ3) is 3.00.